The summed E-state index contributed by atoms with van der Waals surface area (Å²) in [6.45, 7) is 1.46. The lowest BCUT2D eigenvalue weighted by Crippen LogP contribution is -2.68. The van der Waals surface area contributed by atoms with E-state index in [4.69, 9.17) is 15.2 Å². The van der Waals surface area contributed by atoms with Crippen LogP contribution < -0.4 is 15.8 Å². The van der Waals surface area contributed by atoms with E-state index in [0.717, 1.165) is 30.8 Å². The summed E-state index contributed by atoms with van der Waals surface area (Å²) in [5, 5.41) is 3.02. The zero-order valence-electron chi connectivity index (χ0n) is 11.2. The highest BCUT2D eigenvalue weighted by molar-refractivity contribution is 5.95. The quantitative estimate of drug-likeness (QED) is 0.822. The number of carbonyl (C=O) groups is 1. The maximum absolute atomic E-state index is 12.3. The predicted octanol–water partition coefficient (Wildman–Crippen LogP) is 0.466. The van der Waals surface area contributed by atoms with Crippen molar-refractivity contribution in [2.24, 2.45) is 11.7 Å². The van der Waals surface area contributed by atoms with Gasteiger partial charge in [-0.1, -0.05) is 0 Å². The minimum absolute atomic E-state index is 0.0178. The first-order valence-electron chi connectivity index (χ1n) is 7.18. The Bertz CT molecular complexity index is 560. The third-order valence-corrected chi connectivity index (χ3v) is 4.70. The predicted molar refractivity (Wildman–Crippen MR) is 72.7 cm³/mol. The second-order valence-corrected chi connectivity index (χ2v) is 5.79. The molecule has 1 aromatic rings. The van der Waals surface area contributed by atoms with Crippen LogP contribution in [-0.4, -0.2) is 37.3 Å². The molecule has 4 unspecified atom stereocenters. The molecule has 106 valence electrons. The Morgan fingerprint density at radius 2 is 2.25 bits per heavy atom. The van der Waals surface area contributed by atoms with E-state index in [1.54, 1.807) is 6.07 Å². The van der Waals surface area contributed by atoms with Crippen molar-refractivity contribution in [1.82, 2.24) is 5.32 Å². The van der Waals surface area contributed by atoms with Crippen molar-refractivity contribution in [1.29, 1.82) is 0 Å². The zero-order valence-corrected chi connectivity index (χ0v) is 11.2. The van der Waals surface area contributed by atoms with Crippen LogP contribution in [0.3, 0.4) is 0 Å². The van der Waals surface area contributed by atoms with Gasteiger partial charge >= 0.3 is 0 Å². The summed E-state index contributed by atoms with van der Waals surface area (Å²) >= 11 is 0. The van der Waals surface area contributed by atoms with Gasteiger partial charge in [0.25, 0.3) is 5.91 Å². The molecule has 2 aliphatic heterocycles. The van der Waals surface area contributed by atoms with E-state index in [2.05, 4.69) is 5.32 Å². The number of rotatable bonds is 2. The van der Waals surface area contributed by atoms with Crippen molar-refractivity contribution in [3.63, 3.8) is 0 Å². The van der Waals surface area contributed by atoms with E-state index in [0.29, 0.717) is 18.1 Å². The Hall–Kier alpha value is -1.59. The van der Waals surface area contributed by atoms with Crippen LogP contribution >= 0.6 is 0 Å². The molecule has 0 spiro atoms. The average molecular weight is 274 g/mol. The Morgan fingerprint density at radius 1 is 1.35 bits per heavy atom. The monoisotopic (exact) mass is 274 g/mol. The first kappa shape index (κ1) is 12.2. The molecule has 4 atom stereocenters. The van der Waals surface area contributed by atoms with E-state index < -0.39 is 0 Å². The fourth-order valence-electron chi connectivity index (χ4n) is 3.49. The van der Waals surface area contributed by atoms with Gasteiger partial charge in [-0.2, -0.15) is 0 Å². The molecule has 20 heavy (non-hydrogen) atoms. The molecule has 1 saturated heterocycles. The molecular formula is C15H18N2O3. The number of amides is 1. The van der Waals surface area contributed by atoms with Crippen LogP contribution in [0.5, 0.6) is 5.75 Å². The van der Waals surface area contributed by atoms with Crippen molar-refractivity contribution >= 4 is 5.91 Å². The van der Waals surface area contributed by atoms with Gasteiger partial charge < -0.3 is 20.5 Å². The van der Waals surface area contributed by atoms with Crippen molar-refractivity contribution in [2.45, 2.75) is 31.0 Å². The molecule has 1 aromatic carbocycles. The first-order valence-corrected chi connectivity index (χ1v) is 7.18. The van der Waals surface area contributed by atoms with Crippen molar-refractivity contribution < 1.29 is 14.3 Å². The van der Waals surface area contributed by atoms with Crippen LogP contribution in [0.25, 0.3) is 0 Å². The number of hydrogen-bond acceptors (Lipinski definition) is 4. The molecule has 5 heteroatoms. The topological polar surface area (TPSA) is 73.6 Å². The van der Waals surface area contributed by atoms with Crippen LogP contribution in [0.4, 0.5) is 0 Å². The second-order valence-electron chi connectivity index (χ2n) is 5.79. The highest BCUT2D eigenvalue weighted by atomic mass is 16.5. The zero-order chi connectivity index (χ0) is 13.7. The largest absolute Gasteiger partial charge is 0.493 e. The molecule has 4 rings (SSSR count). The van der Waals surface area contributed by atoms with Crippen LogP contribution in [-0.2, 0) is 11.2 Å². The summed E-state index contributed by atoms with van der Waals surface area (Å²) in [5.41, 5.74) is 7.88. The molecule has 0 bridgehead atoms. The van der Waals surface area contributed by atoms with Crippen molar-refractivity contribution in [3.05, 3.63) is 29.3 Å². The highest BCUT2D eigenvalue weighted by Gasteiger charge is 2.52. The summed E-state index contributed by atoms with van der Waals surface area (Å²) in [6, 6.07) is 5.54. The van der Waals surface area contributed by atoms with Gasteiger partial charge in [0.05, 0.1) is 18.8 Å². The lowest BCUT2D eigenvalue weighted by Gasteiger charge is -2.45. The number of nitrogens with one attached hydrogen (secondary N) is 1. The standard InChI is InChI=1S/C15H18N2O3/c16-12-10-4-6-20-14(10)13(12)17-15(18)9-1-2-11-8(7-9)3-5-19-11/h1-2,7,10,12-14H,3-6,16H2,(H,17,18). The van der Waals surface area contributed by atoms with Gasteiger partial charge in [0.1, 0.15) is 5.75 Å². The van der Waals surface area contributed by atoms with E-state index in [-0.39, 0.29) is 24.1 Å². The highest BCUT2D eigenvalue weighted by Crippen LogP contribution is 2.38. The second kappa shape index (κ2) is 4.46. The first-order chi connectivity index (χ1) is 9.74. The lowest BCUT2D eigenvalue weighted by atomic mass is 9.72. The van der Waals surface area contributed by atoms with E-state index >= 15 is 0 Å². The average Bonchev–Trinajstić information content (AvgIpc) is 3.10. The van der Waals surface area contributed by atoms with Gasteiger partial charge in [0.2, 0.25) is 0 Å². The number of benzene rings is 1. The molecule has 2 fully saturated rings. The fourth-order valence-corrected chi connectivity index (χ4v) is 3.49. The van der Waals surface area contributed by atoms with Crippen molar-refractivity contribution in [3.8, 4) is 5.75 Å². The van der Waals surface area contributed by atoms with E-state index in [1.807, 2.05) is 12.1 Å². The third kappa shape index (κ3) is 1.73. The molecule has 5 nitrogen and oxygen atoms in total. The van der Waals surface area contributed by atoms with Gasteiger partial charge in [-0.25, -0.2) is 0 Å². The summed E-state index contributed by atoms with van der Waals surface area (Å²) in [7, 11) is 0. The molecule has 3 N–H and O–H groups in total. The maximum Gasteiger partial charge on any atom is 0.251 e. The van der Waals surface area contributed by atoms with Crippen LogP contribution in [0, 0.1) is 5.92 Å². The van der Waals surface area contributed by atoms with Gasteiger partial charge in [-0.15, -0.1) is 0 Å². The van der Waals surface area contributed by atoms with Gasteiger partial charge in [0.15, 0.2) is 0 Å². The summed E-state index contributed by atoms with van der Waals surface area (Å²) in [4.78, 5) is 12.3. The number of ether oxygens (including phenoxy) is 2. The van der Waals surface area contributed by atoms with E-state index in [1.165, 1.54) is 0 Å². The number of fused-ring (bicyclic) bond motifs is 2. The minimum Gasteiger partial charge on any atom is -0.493 e. The summed E-state index contributed by atoms with van der Waals surface area (Å²) in [5.74, 6) is 1.23. The third-order valence-electron chi connectivity index (χ3n) is 4.70. The molecule has 1 saturated carbocycles. The Kier molecular flexibility index (Phi) is 2.72. The van der Waals surface area contributed by atoms with Crippen molar-refractivity contribution in [2.75, 3.05) is 13.2 Å². The molecule has 0 aromatic heterocycles. The Balaban J connectivity index is 1.48. The number of nitrogens with two attached hydrogens (primary N) is 1. The molecule has 2 heterocycles. The summed E-state index contributed by atoms with van der Waals surface area (Å²) < 4.78 is 11.1. The van der Waals surface area contributed by atoms with Gasteiger partial charge in [0, 0.05) is 30.6 Å². The molecular weight excluding hydrogens is 256 g/mol. The Morgan fingerprint density at radius 3 is 3.15 bits per heavy atom. The van der Waals surface area contributed by atoms with Crippen LogP contribution in [0.15, 0.2) is 18.2 Å². The maximum atomic E-state index is 12.3. The van der Waals surface area contributed by atoms with E-state index in [9.17, 15) is 4.79 Å². The van der Waals surface area contributed by atoms with Gasteiger partial charge in [-0.05, 0) is 30.2 Å². The number of hydrogen-bond donors (Lipinski definition) is 2. The molecule has 1 aliphatic carbocycles. The van der Waals surface area contributed by atoms with Crippen LogP contribution in [0.1, 0.15) is 22.3 Å². The number of carbonyl (C=O) groups excluding carboxylic acids is 1. The normalized spacial score (nSPS) is 33.9. The minimum atomic E-state index is -0.0749. The van der Waals surface area contributed by atoms with Gasteiger partial charge in [-0.3, -0.25) is 4.79 Å². The fraction of sp³-hybridized carbons (Fsp3) is 0.533. The Labute approximate surface area is 117 Å². The molecule has 3 aliphatic rings. The SMILES string of the molecule is NC1C2CCOC2C1NC(=O)c1ccc2c(c1)CCO2. The van der Waals surface area contributed by atoms with Crippen LogP contribution in [0.2, 0.25) is 0 Å². The smallest absolute Gasteiger partial charge is 0.251 e. The lowest BCUT2D eigenvalue weighted by molar-refractivity contribution is -0.0161. The molecule has 1 amide bonds. The molecule has 0 radical (unpaired) electrons. The summed E-state index contributed by atoms with van der Waals surface area (Å²) in [6.07, 6.45) is 1.98.